The van der Waals surface area contributed by atoms with E-state index in [2.05, 4.69) is 9.88 Å². The predicted molar refractivity (Wildman–Crippen MR) is 108 cm³/mol. The summed E-state index contributed by atoms with van der Waals surface area (Å²) in [6.45, 7) is 3.19. The number of nitriles is 1. The topological polar surface area (TPSA) is 104 Å². The zero-order valence-corrected chi connectivity index (χ0v) is 17.0. The van der Waals surface area contributed by atoms with Gasteiger partial charge in [0.15, 0.2) is 0 Å². The van der Waals surface area contributed by atoms with Gasteiger partial charge in [-0.1, -0.05) is 0 Å². The first-order valence-corrected chi connectivity index (χ1v) is 9.90. The number of anilines is 1. The van der Waals surface area contributed by atoms with Gasteiger partial charge in [-0.15, -0.1) is 0 Å². The van der Waals surface area contributed by atoms with Gasteiger partial charge in [-0.25, -0.2) is 13.8 Å². The fourth-order valence-electron chi connectivity index (χ4n) is 4.44. The Hall–Kier alpha value is -3.02. The molecular formula is C21H25F2N5O2. The van der Waals surface area contributed by atoms with Crippen LogP contribution in [0.4, 0.5) is 14.6 Å². The van der Waals surface area contributed by atoms with Crippen LogP contribution in [-0.4, -0.2) is 57.7 Å². The number of likely N-dealkylation sites (tertiary alicyclic amines) is 1. The first-order valence-electron chi connectivity index (χ1n) is 9.90. The number of fused-ring (bicyclic) bond motifs is 2. The lowest BCUT2D eigenvalue weighted by molar-refractivity contribution is -0.133. The molecule has 3 rings (SSSR count). The van der Waals surface area contributed by atoms with E-state index >= 15 is 0 Å². The molecule has 3 heterocycles. The lowest BCUT2D eigenvalue weighted by Gasteiger charge is -2.42. The van der Waals surface area contributed by atoms with Gasteiger partial charge >= 0.3 is 0 Å². The normalized spacial score (nSPS) is 21.8. The van der Waals surface area contributed by atoms with Gasteiger partial charge in [0, 0.05) is 49.9 Å². The SMILES string of the molecule is CC(=N)/C(=C(/C)O)C(F)(F)CCC(=O)N1CC2CCC(C1)N2c1ccc(C#N)cn1. The summed E-state index contributed by atoms with van der Waals surface area (Å²) >= 11 is 0. The number of rotatable bonds is 6. The molecule has 0 aromatic carbocycles. The predicted octanol–water partition coefficient (Wildman–Crippen LogP) is 3.42. The number of allylic oxidation sites excluding steroid dienone is 2. The Morgan fingerprint density at radius 2 is 1.97 bits per heavy atom. The number of carbonyl (C=O) groups excluding carboxylic acids is 1. The molecular weight excluding hydrogens is 392 g/mol. The highest BCUT2D eigenvalue weighted by Crippen LogP contribution is 2.35. The fraction of sp³-hybridized carbons (Fsp3) is 0.524. The molecule has 0 radical (unpaired) electrons. The molecule has 9 heteroatoms. The van der Waals surface area contributed by atoms with Crippen LogP contribution in [0.2, 0.25) is 0 Å². The minimum absolute atomic E-state index is 0.0626. The van der Waals surface area contributed by atoms with Crippen molar-refractivity contribution in [3.63, 3.8) is 0 Å². The molecule has 0 spiro atoms. The molecule has 2 fully saturated rings. The van der Waals surface area contributed by atoms with E-state index in [-0.39, 0.29) is 24.4 Å². The van der Waals surface area contributed by atoms with Gasteiger partial charge in [-0.2, -0.15) is 5.26 Å². The second-order valence-electron chi connectivity index (χ2n) is 7.90. The van der Waals surface area contributed by atoms with Crippen molar-refractivity contribution < 1.29 is 18.7 Å². The number of hydrogen-bond donors (Lipinski definition) is 2. The molecule has 1 amide bonds. The van der Waals surface area contributed by atoms with Crippen molar-refractivity contribution in [1.29, 1.82) is 10.7 Å². The standard InChI is InChI=1S/C21H25F2N5O2/c1-13(25)20(14(2)29)21(22,23)8-7-19(30)27-11-16-4-5-17(12-27)28(16)18-6-3-15(9-24)10-26-18/h3,6,10,16-17,25,29H,4-5,7-8,11-12H2,1-2H3/b20-14+,25-13?. The maximum absolute atomic E-state index is 14.5. The van der Waals surface area contributed by atoms with E-state index in [1.807, 2.05) is 6.07 Å². The number of amides is 1. The smallest absolute Gasteiger partial charge is 0.278 e. The lowest BCUT2D eigenvalue weighted by atomic mass is 9.98. The van der Waals surface area contributed by atoms with Crippen LogP contribution in [0.1, 0.15) is 45.1 Å². The number of aromatic nitrogens is 1. The van der Waals surface area contributed by atoms with Crippen LogP contribution < -0.4 is 4.90 Å². The molecule has 2 atom stereocenters. The van der Waals surface area contributed by atoms with Crippen LogP contribution in [0.3, 0.4) is 0 Å². The number of aliphatic hydroxyl groups is 1. The zero-order valence-electron chi connectivity index (χ0n) is 17.0. The molecule has 2 bridgehead atoms. The number of nitrogens with zero attached hydrogens (tertiary/aromatic N) is 4. The summed E-state index contributed by atoms with van der Waals surface area (Å²) in [6, 6.07) is 5.67. The number of halogens is 2. The zero-order chi connectivity index (χ0) is 22.1. The third-order valence-electron chi connectivity index (χ3n) is 5.73. The molecule has 2 aliphatic heterocycles. The monoisotopic (exact) mass is 417 g/mol. The number of aliphatic hydroxyl groups excluding tert-OH is 1. The van der Waals surface area contributed by atoms with Crippen molar-refractivity contribution in [2.75, 3.05) is 18.0 Å². The number of nitrogens with one attached hydrogen (secondary N) is 1. The summed E-state index contributed by atoms with van der Waals surface area (Å²) in [5.41, 5.74) is -0.645. The quantitative estimate of drug-likeness (QED) is 0.545. The van der Waals surface area contributed by atoms with E-state index in [1.165, 1.54) is 13.1 Å². The molecule has 1 aromatic rings. The second-order valence-corrected chi connectivity index (χ2v) is 7.90. The molecule has 0 aliphatic carbocycles. The Labute approximate surface area is 174 Å². The van der Waals surface area contributed by atoms with Gasteiger partial charge < -0.3 is 20.3 Å². The number of carbonyl (C=O) groups is 1. The number of pyridine rings is 1. The van der Waals surface area contributed by atoms with Gasteiger partial charge in [0.2, 0.25) is 5.91 Å². The van der Waals surface area contributed by atoms with Crippen LogP contribution >= 0.6 is 0 Å². The second kappa shape index (κ2) is 8.38. The third-order valence-corrected chi connectivity index (χ3v) is 5.73. The number of hydrogen-bond acceptors (Lipinski definition) is 6. The van der Waals surface area contributed by atoms with Gasteiger partial charge in [0.1, 0.15) is 17.6 Å². The van der Waals surface area contributed by atoms with Gasteiger partial charge in [0.05, 0.1) is 11.1 Å². The van der Waals surface area contributed by atoms with E-state index in [9.17, 15) is 18.7 Å². The highest BCUT2D eigenvalue weighted by Gasteiger charge is 2.43. The fourth-order valence-corrected chi connectivity index (χ4v) is 4.44. The molecule has 2 saturated heterocycles. The number of alkyl halides is 2. The minimum atomic E-state index is -3.44. The first-order chi connectivity index (χ1) is 14.1. The molecule has 0 saturated carbocycles. The van der Waals surface area contributed by atoms with Crippen molar-refractivity contribution >= 4 is 17.4 Å². The Morgan fingerprint density at radius 3 is 2.43 bits per heavy atom. The van der Waals surface area contributed by atoms with Crippen LogP contribution in [0.15, 0.2) is 29.7 Å². The van der Waals surface area contributed by atoms with E-state index in [1.54, 1.807) is 17.0 Å². The molecule has 2 N–H and O–H groups in total. The maximum atomic E-state index is 14.5. The van der Waals surface area contributed by atoms with Crippen LogP contribution in [-0.2, 0) is 4.79 Å². The van der Waals surface area contributed by atoms with E-state index in [4.69, 9.17) is 10.7 Å². The van der Waals surface area contributed by atoms with E-state index in [0.717, 1.165) is 25.6 Å². The third kappa shape index (κ3) is 4.27. The summed E-state index contributed by atoms with van der Waals surface area (Å²) in [6.07, 6.45) is 2.19. The van der Waals surface area contributed by atoms with Gasteiger partial charge in [0.25, 0.3) is 5.92 Å². The Kier molecular flexibility index (Phi) is 6.06. The first kappa shape index (κ1) is 21.7. The number of piperazine rings is 1. The minimum Gasteiger partial charge on any atom is -0.512 e. The average Bonchev–Trinajstić information content (AvgIpc) is 2.94. The summed E-state index contributed by atoms with van der Waals surface area (Å²) in [4.78, 5) is 20.8. The molecule has 2 aliphatic rings. The Morgan fingerprint density at radius 1 is 1.33 bits per heavy atom. The molecule has 1 aromatic heterocycles. The van der Waals surface area contributed by atoms with Gasteiger partial charge in [-0.05, 0) is 38.8 Å². The molecule has 2 unspecified atom stereocenters. The summed E-state index contributed by atoms with van der Waals surface area (Å²) in [7, 11) is 0. The van der Waals surface area contributed by atoms with Crippen molar-refractivity contribution in [2.24, 2.45) is 0 Å². The van der Waals surface area contributed by atoms with Gasteiger partial charge in [-0.3, -0.25) is 4.79 Å². The summed E-state index contributed by atoms with van der Waals surface area (Å²) < 4.78 is 28.9. The Balaban J connectivity index is 1.64. The van der Waals surface area contributed by atoms with Crippen molar-refractivity contribution in [1.82, 2.24) is 9.88 Å². The highest BCUT2D eigenvalue weighted by atomic mass is 19.3. The molecule has 30 heavy (non-hydrogen) atoms. The average molecular weight is 417 g/mol. The Bertz CT molecular complexity index is 889. The summed E-state index contributed by atoms with van der Waals surface area (Å²) in [5.74, 6) is -3.62. The lowest BCUT2D eigenvalue weighted by Crippen LogP contribution is -2.55. The van der Waals surface area contributed by atoms with Crippen molar-refractivity contribution in [3.8, 4) is 6.07 Å². The molecule has 160 valence electrons. The molecule has 7 nitrogen and oxygen atoms in total. The van der Waals surface area contributed by atoms with Crippen LogP contribution in [0.25, 0.3) is 0 Å². The highest BCUT2D eigenvalue weighted by molar-refractivity contribution is 5.97. The maximum Gasteiger partial charge on any atom is 0.278 e. The van der Waals surface area contributed by atoms with Crippen LogP contribution in [0.5, 0.6) is 0 Å². The largest absolute Gasteiger partial charge is 0.512 e. The van der Waals surface area contributed by atoms with Crippen molar-refractivity contribution in [3.05, 3.63) is 35.2 Å². The summed E-state index contributed by atoms with van der Waals surface area (Å²) in [5, 5.41) is 25.9. The van der Waals surface area contributed by atoms with E-state index < -0.39 is 29.4 Å². The van der Waals surface area contributed by atoms with Crippen molar-refractivity contribution in [2.45, 2.75) is 57.5 Å². The van der Waals surface area contributed by atoms with E-state index in [0.29, 0.717) is 18.7 Å². The van der Waals surface area contributed by atoms with Crippen LogP contribution in [0, 0.1) is 16.7 Å².